The standard InChI is InChI=1S/C15H24N2O/c1-15(2,3)16-14-6-4-13(5-7-14)12-17-8-10-18-11-9-17/h4-7,16H,8-12H2,1-3H3. The van der Waals surface area contributed by atoms with Crippen molar-refractivity contribution in [1.82, 2.24) is 4.90 Å². The zero-order valence-electron chi connectivity index (χ0n) is 11.7. The topological polar surface area (TPSA) is 24.5 Å². The van der Waals surface area contributed by atoms with Crippen molar-refractivity contribution in [3.05, 3.63) is 29.8 Å². The van der Waals surface area contributed by atoms with Gasteiger partial charge in [0, 0.05) is 30.9 Å². The fourth-order valence-corrected chi connectivity index (χ4v) is 2.14. The Kier molecular flexibility index (Phi) is 4.25. The molecule has 3 nitrogen and oxygen atoms in total. The number of rotatable bonds is 3. The average Bonchev–Trinajstić information content (AvgIpc) is 2.31. The monoisotopic (exact) mass is 248 g/mol. The zero-order valence-corrected chi connectivity index (χ0v) is 11.7. The van der Waals surface area contributed by atoms with Crippen LogP contribution in [0.2, 0.25) is 0 Å². The smallest absolute Gasteiger partial charge is 0.0594 e. The van der Waals surface area contributed by atoms with Gasteiger partial charge in [-0.3, -0.25) is 4.90 Å². The molecule has 0 aromatic heterocycles. The molecule has 0 unspecified atom stereocenters. The van der Waals surface area contributed by atoms with Crippen molar-refractivity contribution in [2.45, 2.75) is 32.9 Å². The number of ether oxygens (including phenoxy) is 1. The minimum Gasteiger partial charge on any atom is -0.380 e. The lowest BCUT2D eigenvalue weighted by Crippen LogP contribution is -2.35. The van der Waals surface area contributed by atoms with Gasteiger partial charge in [0.25, 0.3) is 0 Å². The molecule has 1 N–H and O–H groups in total. The fourth-order valence-electron chi connectivity index (χ4n) is 2.14. The van der Waals surface area contributed by atoms with Gasteiger partial charge in [-0.25, -0.2) is 0 Å². The van der Waals surface area contributed by atoms with Crippen molar-refractivity contribution in [3.63, 3.8) is 0 Å². The summed E-state index contributed by atoms with van der Waals surface area (Å²) in [5.74, 6) is 0. The van der Waals surface area contributed by atoms with E-state index in [1.807, 2.05) is 0 Å². The van der Waals surface area contributed by atoms with E-state index in [1.54, 1.807) is 0 Å². The maximum Gasteiger partial charge on any atom is 0.0594 e. The first-order chi connectivity index (χ1) is 8.53. The van der Waals surface area contributed by atoms with E-state index in [0.717, 1.165) is 32.8 Å². The third kappa shape index (κ3) is 4.31. The molecule has 0 spiro atoms. The molecule has 1 fully saturated rings. The van der Waals surface area contributed by atoms with E-state index < -0.39 is 0 Å². The predicted molar refractivity (Wildman–Crippen MR) is 75.9 cm³/mol. The molecule has 0 aliphatic carbocycles. The number of morpholine rings is 1. The van der Waals surface area contributed by atoms with Crippen molar-refractivity contribution in [3.8, 4) is 0 Å². The minimum atomic E-state index is 0.117. The maximum absolute atomic E-state index is 5.36. The van der Waals surface area contributed by atoms with Gasteiger partial charge < -0.3 is 10.1 Å². The van der Waals surface area contributed by atoms with E-state index in [9.17, 15) is 0 Å². The van der Waals surface area contributed by atoms with E-state index in [4.69, 9.17) is 4.74 Å². The first-order valence-corrected chi connectivity index (χ1v) is 6.70. The molecule has 2 rings (SSSR count). The van der Waals surface area contributed by atoms with Gasteiger partial charge in [0.05, 0.1) is 13.2 Å². The summed E-state index contributed by atoms with van der Waals surface area (Å²) in [6.45, 7) is 11.4. The van der Waals surface area contributed by atoms with Crippen LogP contribution in [0.4, 0.5) is 5.69 Å². The molecular formula is C15H24N2O. The third-order valence-corrected chi connectivity index (χ3v) is 2.98. The van der Waals surface area contributed by atoms with Gasteiger partial charge in [-0.05, 0) is 38.5 Å². The van der Waals surface area contributed by atoms with Gasteiger partial charge in [0.15, 0.2) is 0 Å². The highest BCUT2D eigenvalue weighted by Gasteiger charge is 2.11. The van der Waals surface area contributed by atoms with Crippen molar-refractivity contribution < 1.29 is 4.74 Å². The summed E-state index contributed by atoms with van der Waals surface area (Å²) in [4.78, 5) is 2.44. The molecule has 0 radical (unpaired) electrons. The summed E-state index contributed by atoms with van der Waals surface area (Å²) in [6.07, 6.45) is 0. The largest absolute Gasteiger partial charge is 0.380 e. The van der Waals surface area contributed by atoms with Crippen LogP contribution in [0.5, 0.6) is 0 Å². The molecule has 3 heteroatoms. The lowest BCUT2D eigenvalue weighted by Gasteiger charge is -2.27. The molecule has 1 heterocycles. The highest BCUT2D eigenvalue weighted by atomic mass is 16.5. The lowest BCUT2D eigenvalue weighted by atomic mass is 10.1. The van der Waals surface area contributed by atoms with E-state index in [0.29, 0.717) is 0 Å². The van der Waals surface area contributed by atoms with Gasteiger partial charge in [-0.15, -0.1) is 0 Å². The first kappa shape index (κ1) is 13.4. The second kappa shape index (κ2) is 5.72. The number of benzene rings is 1. The fraction of sp³-hybridized carbons (Fsp3) is 0.600. The van der Waals surface area contributed by atoms with Gasteiger partial charge in [-0.1, -0.05) is 12.1 Å². The summed E-state index contributed by atoms with van der Waals surface area (Å²) in [7, 11) is 0. The number of nitrogens with zero attached hydrogens (tertiary/aromatic N) is 1. The van der Waals surface area contributed by atoms with Crippen LogP contribution in [-0.4, -0.2) is 36.7 Å². The van der Waals surface area contributed by atoms with Crippen LogP contribution in [0.25, 0.3) is 0 Å². The maximum atomic E-state index is 5.36. The van der Waals surface area contributed by atoms with E-state index in [-0.39, 0.29) is 5.54 Å². The molecule has 100 valence electrons. The van der Waals surface area contributed by atoms with Crippen LogP contribution < -0.4 is 5.32 Å². The summed E-state index contributed by atoms with van der Waals surface area (Å²) in [5.41, 5.74) is 2.68. The first-order valence-electron chi connectivity index (χ1n) is 6.70. The zero-order chi connectivity index (χ0) is 13.0. The van der Waals surface area contributed by atoms with Crippen molar-refractivity contribution in [2.24, 2.45) is 0 Å². The highest BCUT2D eigenvalue weighted by molar-refractivity contribution is 5.46. The average molecular weight is 248 g/mol. The van der Waals surface area contributed by atoms with E-state index >= 15 is 0 Å². The van der Waals surface area contributed by atoms with Crippen LogP contribution in [0.3, 0.4) is 0 Å². The Morgan fingerprint density at radius 2 is 1.72 bits per heavy atom. The Morgan fingerprint density at radius 1 is 1.11 bits per heavy atom. The van der Waals surface area contributed by atoms with Gasteiger partial charge >= 0.3 is 0 Å². The Bertz CT molecular complexity index is 361. The van der Waals surface area contributed by atoms with Crippen molar-refractivity contribution in [2.75, 3.05) is 31.6 Å². The summed E-state index contributed by atoms with van der Waals surface area (Å²) < 4.78 is 5.36. The second-order valence-electron chi connectivity index (χ2n) is 5.96. The normalized spacial score (nSPS) is 17.7. The number of nitrogens with one attached hydrogen (secondary N) is 1. The summed E-state index contributed by atoms with van der Waals surface area (Å²) in [5, 5.41) is 3.48. The van der Waals surface area contributed by atoms with Gasteiger partial charge in [-0.2, -0.15) is 0 Å². The molecule has 0 atom stereocenters. The number of hydrogen-bond acceptors (Lipinski definition) is 3. The van der Waals surface area contributed by atoms with Crippen LogP contribution >= 0.6 is 0 Å². The summed E-state index contributed by atoms with van der Waals surface area (Å²) in [6, 6.07) is 8.76. The second-order valence-corrected chi connectivity index (χ2v) is 5.96. The lowest BCUT2D eigenvalue weighted by molar-refractivity contribution is 0.0342. The Morgan fingerprint density at radius 3 is 2.28 bits per heavy atom. The molecule has 1 aliphatic heterocycles. The number of hydrogen-bond donors (Lipinski definition) is 1. The highest BCUT2D eigenvalue weighted by Crippen LogP contribution is 2.16. The van der Waals surface area contributed by atoms with Crippen LogP contribution in [-0.2, 0) is 11.3 Å². The Hall–Kier alpha value is -1.06. The molecule has 18 heavy (non-hydrogen) atoms. The quantitative estimate of drug-likeness (QED) is 0.890. The molecule has 0 bridgehead atoms. The van der Waals surface area contributed by atoms with Crippen molar-refractivity contribution >= 4 is 5.69 Å². The van der Waals surface area contributed by atoms with Crippen LogP contribution in [0.15, 0.2) is 24.3 Å². The van der Waals surface area contributed by atoms with E-state index in [1.165, 1.54) is 11.3 Å². The van der Waals surface area contributed by atoms with Gasteiger partial charge in [0.1, 0.15) is 0 Å². The predicted octanol–water partition coefficient (Wildman–Crippen LogP) is 2.73. The molecular weight excluding hydrogens is 224 g/mol. The SMILES string of the molecule is CC(C)(C)Nc1ccc(CN2CCOCC2)cc1. The molecule has 1 aromatic carbocycles. The van der Waals surface area contributed by atoms with Gasteiger partial charge in [0.2, 0.25) is 0 Å². The van der Waals surface area contributed by atoms with Crippen LogP contribution in [0.1, 0.15) is 26.3 Å². The van der Waals surface area contributed by atoms with Crippen molar-refractivity contribution in [1.29, 1.82) is 0 Å². The molecule has 0 saturated carbocycles. The molecule has 1 aromatic rings. The summed E-state index contributed by atoms with van der Waals surface area (Å²) >= 11 is 0. The van der Waals surface area contributed by atoms with Crippen LogP contribution in [0, 0.1) is 0 Å². The molecule has 1 aliphatic rings. The number of anilines is 1. The third-order valence-electron chi connectivity index (χ3n) is 2.98. The Balaban J connectivity index is 1.90. The minimum absolute atomic E-state index is 0.117. The van der Waals surface area contributed by atoms with E-state index in [2.05, 4.69) is 55.3 Å². The Labute approximate surface area is 110 Å². The molecule has 1 saturated heterocycles. The molecule has 0 amide bonds.